The average molecular weight is 275 g/mol. The number of rotatable bonds is 6. The van der Waals surface area contributed by atoms with E-state index in [0.717, 1.165) is 50.0 Å². The maximum Gasteiger partial charge on any atom is 0.128 e. The lowest BCUT2D eigenvalue weighted by Crippen LogP contribution is -2.28. The van der Waals surface area contributed by atoms with Crippen molar-refractivity contribution in [3.8, 4) is 0 Å². The number of nitrogens with one attached hydrogen (secondary N) is 1. The molecule has 0 amide bonds. The van der Waals surface area contributed by atoms with Crippen LogP contribution in [0.1, 0.15) is 56.4 Å². The van der Waals surface area contributed by atoms with Crippen molar-refractivity contribution in [2.24, 2.45) is 11.8 Å². The summed E-state index contributed by atoms with van der Waals surface area (Å²) in [4.78, 5) is 9.57. The van der Waals surface area contributed by atoms with Crippen LogP contribution in [0.3, 0.4) is 0 Å². The van der Waals surface area contributed by atoms with E-state index in [1.54, 1.807) is 0 Å². The van der Waals surface area contributed by atoms with E-state index in [2.05, 4.69) is 33.0 Å². The summed E-state index contributed by atoms with van der Waals surface area (Å²) in [6, 6.07) is 0. The van der Waals surface area contributed by atoms with Gasteiger partial charge in [0.05, 0.1) is 0 Å². The topological polar surface area (TPSA) is 37.8 Å². The molecule has 1 atom stereocenters. The summed E-state index contributed by atoms with van der Waals surface area (Å²) in [6.45, 7) is 11.0. The zero-order valence-corrected chi connectivity index (χ0v) is 13.5. The van der Waals surface area contributed by atoms with Gasteiger partial charge in [0.1, 0.15) is 5.82 Å². The Morgan fingerprint density at radius 2 is 2.10 bits per heavy atom. The van der Waals surface area contributed by atoms with Crippen molar-refractivity contribution in [3.05, 3.63) is 22.8 Å². The minimum Gasteiger partial charge on any atom is -0.317 e. The van der Waals surface area contributed by atoms with E-state index >= 15 is 0 Å². The summed E-state index contributed by atoms with van der Waals surface area (Å²) in [5, 5.41) is 3.47. The van der Waals surface area contributed by atoms with Gasteiger partial charge in [-0.1, -0.05) is 20.8 Å². The second kappa shape index (κ2) is 7.16. The van der Waals surface area contributed by atoms with Crippen molar-refractivity contribution in [2.75, 3.05) is 13.1 Å². The Kier molecular flexibility index (Phi) is 5.53. The van der Waals surface area contributed by atoms with Gasteiger partial charge in [0.2, 0.25) is 0 Å². The Bertz CT molecular complexity index is 440. The van der Waals surface area contributed by atoms with E-state index in [9.17, 15) is 0 Å². The van der Waals surface area contributed by atoms with E-state index < -0.39 is 0 Å². The number of hydrogen-bond donors (Lipinski definition) is 1. The van der Waals surface area contributed by atoms with Gasteiger partial charge in [0.15, 0.2) is 0 Å². The highest BCUT2D eigenvalue weighted by atomic mass is 14.9. The molecule has 0 saturated heterocycles. The first-order valence-electron chi connectivity index (χ1n) is 8.16. The molecule has 0 saturated carbocycles. The highest BCUT2D eigenvalue weighted by Crippen LogP contribution is 2.26. The Balaban J connectivity index is 2.06. The molecule has 0 aromatic carbocycles. The van der Waals surface area contributed by atoms with Gasteiger partial charge in [0, 0.05) is 17.8 Å². The third-order valence-electron chi connectivity index (χ3n) is 4.26. The molecule has 0 radical (unpaired) electrons. The first-order valence-corrected chi connectivity index (χ1v) is 8.16. The Morgan fingerprint density at radius 1 is 1.30 bits per heavy atom. The quantitative estimate of drug-likeness (QED) is 0.867. The van der Waals surface area contributed by atoms with E-state index in [1.165, 1.54) is 29.8 Å². The van der Waals surface area contributed by atoms with Crippen molar-refractivity contribution in [1.82, 2.24) is 15.3 Å². The summed E-state index contributed by atoms with van der Waals surface area (Å²) >= 11 is 0. The molecule has 112 valence electrons. The molecule has 2 rings (SSSR count). The van der Waals surface area contributed by atoms with Crippen LogP contribution in [-0.4, -0.2) is 23.1 Å². The molecule has 0 aliphatic heterocycles. The number of hydrogen-bond acceptors (Lipinski definition) is 3. The third-order valence-corrected chi connectivity index (χ3v) is 4.26. The maximum absolute atomic E-state index is 4.83. The third kappa shape index (κ3) is 4.02. The summed E-state index contributed by atoms with van der Waals surface area (Å²) < 4.78 is 0. The maximum atomic E-state index is 4.83. The number of aryl methyl sites for hydroxylation is 3. The predicted octanol–water partition coefficient (Wildman–Crippen LogP) is 3.09. The summed E-state index contributed by atoms with van der Waals surface area (Å²) in [7, 11) is 0. The normalized spacial score (nSPS) is 18.4. The second-order valence-electron chi connectivity index (χ2n) is 6.50. The monoisotopic (exact) mass is 275 g/mol. The Morgan fingerprint density at radius 3 is 2.80 bits per heavy atom. The summed E-state index contributed by atoms with van der Waals surface area (Å²) in [6.07, 6.45) is 5.75. The van der Waals surface area contributed by atoms with E-state index in [4.69, 9.17) is 9.97 Å². The molecule has 20 heavy (non-hydrogen) atoms. The van der Waals surface area contributed by atoms with Gasteiger partial charge in [-0.25, -0.2) is 9.97 Å². The van der Waals surface area contributed by atoms with Crippen LogP contribution in [0, 0.1) is 18.8 Å². The SMILES string of the molecule is CCNCC1CCc2nc(CCC(C)C)nc(C)c2C1. The highest BCUT2D eigenvalue weighted by Gasteiger charge is 2.22. The zero-order valence-electron chi connectivity index (χ0n) is 13.5. The smallest absolute Gasteiger partial charge is 0.128 e. The minimum atomic E-state index is 0.722. The van der Waals surface area contributed by atoms with Crippen molar-refractivity contribution < 1.29 is 0 Å². The van der Waals surface area contributed by atoms with Gasteiger partial charge in [-0.15, -0.1) is 0 Å². The van der Waals surface area contributed by atoms with E-state index in [0.29, 0.717) is 0 Å². The summed E-state index contributed by atoms with van der Waals surface area (Å²) in [5.41, 5.74) is 3.96. The Hall–Kier alpha value is -0.960. The summed E-state index contributed by atoms with van der Waals surface area (Å²) in [5.74, 6) is 2.53. The molecular weight excluding hydrogens is 246 g/mol. The standard InChI is InChI=1S/C17H29N3/c1-5-18-11-14-7-8-16-15(10-14)13(4)19-17(20-16)9-6-12(2)3/h12,14,18H,5-11H2,1-4H3. The number of fused-ring (bicyclic) bond motifs is 1. The fraction of sp³-hybridized carbons (Fsp3) is 0.765. The van der Waals surface area contributed by atoms with Gasteiger partial charge in [-0.2, -0.15) is 0 Å². The van der Waals surface area contributed by atoms with Crippen LogP contribution in [0.2, 0.25) is 0 Å². The lowest BCUT2D eigenvalue weighted by molar-refractivity contribution is 0.421. The van der Waals surface area contributed by atoms with Crippen molar-refractivity contribution in [2.45, 2.75) is 59.8 Å². The van der Waals surface area contributed by atoms with Crippen molar-refractivity contribution in [3.63, 3.8) is 0 Å². The van der Waals surface area contributed by atoms with Crippen LogP contribution in [-0.2, 0) is 19.3 Å². The van der Waals surface area contributed by atoms with E-state index in [-0.39, 0.29) is 0 Å². The minimum absolute atomic E-state index is 0.722. The molecule has 1 aliphatic rings. The van der Waals surface area contributed by atoms with Crippen LogP contribution >= 0.6 is 0 Å². The average Bonchev–Trinajstić information content (AvgIpc) is 2.43. The van der Waals surface area contributed by atoms with Gasteiger partial charge >= 0.3 is 0 Å². The Labute approximate surface area is 123 Å². The first kappa shape index (κ1) is 15.4. The highest BCUT2D eigenvalue weighted by molar-refractivity contribution is 5.28. The molecule has 3 nitrogen and oxygen atoms in total. The molecule has 1 aromatic rings. The molecule has 0 bridgehead atoms. The van der Waals surface area contributed by atoms with Crippen LogP contribution in [0.25, 0.3) is 0 Å². The van der Waals surface area contributed by atoms with Crippen LogP contribution in [0.4, 0.5) is 0 Å². The molecule has 1 aromatic heterocycles. The number of nitrogens with zero attached hydrogens (tertiary/aromatic N) is 2. The predicted molar refractivity (Wildman–Crippen MR) is 84.0 cm³/mol. The molecule has 1 N–H and O–H groups in total. The fourth-order valence-electron chi connectivity index (χ4n) is 2.97. The lowest BCUT2D eigenvalue weighted by Gasteiger charge is -2.25. The fourth-order valence-corrected chi connectivity index (χ4v) is 2.97. The van der Waals surface area contributed by atoms with Crippen LogP contribution in [0.15, 0.2) is 0 Å². The van der Waals surface area contributed by atoms with Crippen LogP contribution < -0.4 is 5.32 Å². The van der Waals surface area contributed by atoms with Crippen molar-refractivity contribution in [1.29, 1.82) is 0 Å². The molecular formula is C17H29N3. The van der Waals surface area contributed by atoms with Gasteiger partial charge in [0.25, 0.3) is 0 Å². The lowest BCUT2D eigenvalue weighted by atomic mass is 9.85. The van der Waals surface area contributed by atoms with E-state index in [1.807, 2.05) is 0 Å². The molecule has 3 heteroatoms. The second-order valence-corrected chi connectivity index (χ2v) is 6.50. The zero-order chi connectivity index (χ0) is 14.5. The molecule has 0 spiro atoms. The molecule has 1 heterocycles. The molecule has 0 fully saturated rings. The first-order chi connectivity index (χ1) is 9.60. The largest absolute Gasteiger partial charge is 0.317 e. The van der Waals surface area contributed by atoms with Gasteiger partial charge in [-0.3, -0.25) is 0 Å². The van der Waals surface area contributed by atoms with Gasteiger partial charge < -0.3 is 5.32 Å². The van der Waals surface area contributed by atoms with Gasteiger partial charge in [-0.05, 0) is 63.1 Å². The molecule has 1 unspecified atom stereocenters. The van der Waals surface area contributed by atoms with Crippen LogP contribution in [0.5, 0.6) is 0 Å². The number of aromatic nitrogens is 2. The van der Waals surface area contributed by atoms with Crippen molar-refractivity contribution >= 4 is 0 Å². The molecule has 1 aliphatic carbocycles.